The molecule has 0 amide bonds. The van der Waals surface area contributed by atoms with E-state index in [0.29, 0.717) is 0 Å². The number of rotatable bonds is 0. The van der Waals surface area contributed by atoms with Crippen LogP contribution in [0.2, 0.25) is 0 Å². The van der Waals surface area contributed by atoms with Crippen LogP contribution in [0.3, 0.4) is 0 Å². The first-order valence-electron chi connectivity index (χ1n) is 5.63. The van der Waals surface area contributed by atoms with E-state index < -0.39 is 15.6 Å². The van der Waals surface area contributed by atoms with Crippen LogP contribution < -0.4 is 4.57 Å². The number of alkyl halides is 3. The van der Waals surface area contributed by atoms with Gasteiger partial charge in [-0.15, -0.1) is 0 Å². The fraction of sp³-hybridized carbons (Fsp3) is 0.154. The summed E-state index contributed by atoms with van der Waals surface area (Å²) in [4.78, 5) is 0. The maximum Gasteiger partial charge on any atom is 0.485 e. The molecule has 4 nitrogen and oxygen atoms in total. The van der Waals surface area contributed by atoms with Gasteiger partial charge in [-0.25, -0.2) is 8.42 Å². The molecule has 0 saturated heterocycles. The van der Waals surface area contributed by atoms with Crippen molar-refractivity contribution < 1.29 is 30.7 Å². The summed E-state index contributed by atoms with van der Waals surface area (Å²) in [5.74, 6) is 6.27. The summed E-state index contributed by atoms with van der Waals surface area (Å²) < 4.78 is 60.9. The fourth-order valence-electron chi connectivity index (χ4n) is 1.10. The summed E-state index contributed by atoms with van der Waals surface area (Å²) >= 11 is 1.66. The lowest BCUT2D eigenvalue weighted by Crippen LogP contribution is -2.27. The highest BCUT2D eigenvalue weighted by Crippen LogP contribution is 2.20. The van der Waals surface area contributed by atoms with Gasteiger partial charge in [0.2, 0.25) is 0 Å². The molecular weight excluding hydrogens is 339 g/mol. The van der Waals surface area contributed by atoms with Crippen LogP contribution >= 0.6 is 11.3 Å². The minimum absolute atomic E-state index is 1.06. The lowest BCUT2D eigenvalue weighted by Gasteiger charge is -2.08. The van der Waals surface area contributed by atoms with Crippen molar-refractivity contribution in [2.45, 2.75) is 5.51 Å². The summed E-state index contributed by atoms with van der Waals surface area (Å²) in [5.41, 5.74) is -4.59. The molecule has 1 heterocycles. The van der Waals surface area contributed by atoms with Gasteiger partial charge in [-0.05, 0) is 12.1 Å². The molecular formula is C13H10F3NO3S2. The van der Waals surface area contributed by atoms with Crippen LogP contribution in [0.4, 0.5) is 13.2 Å². The maximum absolute atomic E-state index is 10.7. The van der Waals surface area contributed by atoms with E-state index in [0.717, 1.165) is 10.6 Å². The Labute approximate surface area is 129 Å². The zero-order valence-electron chi connectivity index (χ0n) is 11.2. The van der Waals surface area contributed by atoms with E-state index in [1.165, 1.54) is 0 Å². The Balaban J connectivity index is 0.000000261. The van der Waals surface area contributed by atoms with Crippen molar-refractivity contribution in [3.63, 3.8) is 0 Å². The Kier molecular flexibility index (Phi) is 6.11. The monoisotopic (exact) mass is 349 g/mol. The Morgan fingerprint density at radius 1 is 1.18 bits per heavy atom. The summed E-state index contributed by atoms with van der Waals surface area (Å²) in [5, 5.41) is 3.11. The van der Waals surface area contributed by atoms with Gasteiger partial charge in [0.25, 0.3) is 0 Å². The predicted octanol–water partition coefficient (Wildman–Crippen LogP) is 2.02. The number of thiazole rings is 1. The van der Waals surface area contributed by atoms with Crippen LogP contribution in [0.15, 0.2) is 41.9 Å². The second-order valence-electron chi connectivity index (χ2n) is 3.83. The quantitative estimate of drug-likeness (QED) is 0.316. The average molecular weight is 349 g/mol. The van der Waals surface area contributed by atoms with Crippen LogP contribution in [0.25, 0.3) is 0 Å². The topological polar surface area (TPSA) is 61.1 Å². The van der Waals surface area contributed by atoms with E-state index in [9.17, 15) is 13.2 Å². The third-order valence-corrected chi connectivity index (χ3v) is 3.59. The molecule has 22 heavy (non-hydrogen) atoms. The zero-order chi connectivity index (χ0) is 16.8. The van der Waals surface area contributed by atoms with Crippen LogP contribution in [-0.2, 0) is 17.2 Å². The van der Waals surface area contributed by atoms with Gasteiger partial charge in [0.15, 0.2) is 16.3 Å². The summed E-state index contributed by atoms with van der Waals surface area (Å²) in [6, 6.07) is 10.0. The number of benzene rings is 1. The largest absolute Gasteiger partial charge is 0.741 e. The van der Waals surface area contributed by atoms with Gasteiger partial charge in [0, 0.05) is 11.5 Å². The number of halogens is 3. The maximum atomic E-state index is 10.7. The van der Waals surface area contributed by atoms with E-state index in [1.807, 2.05) is 53.5 Å². The standard InChI is InChI=1S/C12H10NS.CHF3O3S/c1-13-9-10-14-12(13)8-7-11-5-3-2-4-6-11;2-1(3,4)8(5,6)7/h2-6,9-10H,1H3;(H,5,6,7)/q+1;/p-1. The lowest BCUT2D eigenvalue weighted by molar-refractivity contribution is -0.668. The first-order valence-corrected chi connectivity index (χ1v) is 7.92. The molecule has 0 N–H and O–H groups in total. The van der Waals surface area contributed by atoms with Crippen molar-refractivity contribution in [1.82, 2.24) is 0 Å². The second-order valence-corrected chi connectivity index (χ2v) is 6.10. The highest BCUT2D eigenvalue weighted by molar-refractivity contribution is 7.86. The predicted molar refractivity (Wildman–Crippen MR) is 73.7 cm³/mol. The fourth-order valence-corrected chi connectivity index (χ4v) is 1.81. The van der Waals surface area contributed by atoms with E-state index >= 15 is 0 Å². The lowest BCUT2D eigenvalue weighted by atomic mass is 10.2. The SMILES string of the molecule is C[n+]1ccsc1C#Cc1ccccc1.O=S(=O)([O-])C(F)(F)F. The van der Waals surface area contributed by atoms with Crippen molar-refractivity contribution in [2.24, 2.45) is 7.05 Å². The van der Waals surface area contributed by atoms with Crippen molar-refractivity contribution >= 4 is 21.5 Å². The normalized spacial score (nSPS) is 11.0. The smallest absolute Gasteiger partial charge is 0.485 e. The van der Waals surface area contributed by atoms with Gasteiger partial charge in [-0.2, -0.15) is 17.7 Å². The summed E-state index contributed by atoms with van der Waals surface area (Å²) in [6.07, 6.45) is 2.01. The molecule has 2 rings (SSSR count). The average Bonchev–Trinajstić information content (AvgIpc) is 2.81. The first-order chi connectivity index (χ1) is 10.1. The van der Waals surface area contributed by atoms with Crippen molar-refractivity contribution in [1.29, 1.82) is 0 Å². The van der Waals surface area contributed by atoms with Crippen molar-refractivity contribution in [2.75, 3.05) is 0 Å². The molecule has 0 radical (unpaired) electrons. The number of hydrogen-bond donors (Lipinski definition) is 0. The van der Waals surface area contributed by atoms with Gasteiger partial charge in [0.05, 0.1) is 5.38 Å². The van der Waals surface area contributed by atoms with E-state index in [2.05, 4.69) is 11.8 Å². The number of aromatic nitrogens is 1. The van der Waals surface area contributed by atoms with Crippen LogP contribution in [0.1, 0.15) is 10.6 Å². The molecule has 0 saturated carbocycles. The molecule has 1 aromatic heterocycles. The van der Waals surface area contributed by atoms with Gasteiger partial charge in [0.1, 0.15) is 7.05 Å². The Hall–Kier alpha value is -1.89. The summed E-state index contributed by atoms with van der Waals surface area (Å²) in [7, 11) is -4.08. The van der Waals surface area contributed by atoms with Crippen LogP contribution in [0, 0.1) is 11.8 Å². The zero-order valence-corrected chi connectivity index (χ0v) is 12.8. The number of nitrogens with zero attached hydrogens (tertiary/aromatic N) is 1. The number of hydrogen-bond acceptors (Lipinski definition) is 4. The van der Waals surface area contributed by atoms with Crippen LogP contribution in [0.5, 0.6) is 0 Å². The molecule has 9 heteroatoms. The Morgan fingerprint density at radius 2 is 1.73 bits per heavy atom. The van der Waals surface area contributed by atoms with E-state index in [-0.39, 0.29) is 0 Å². The molecule has 0 aliphatic rings. The van der Waals surface area contributed by atoms with Gasteiger partial charge in [-0.1, -0.05) is 35.5 Å². The van der Waals surface area contributed by atoms with Gasteiger partial charge in [-0.3, -0.25) is 0 Å². The third-order valence-electron chi connectivity index (χ3n) is 2.16. The number of aryl methyl sites for hydroxylation is 1. The third kappa shape index (κ3) is 5.85. The van der Waals surface area contributed by atoms with Gasteiger partial charge >= 0.3 is 10.5 Å². The van der Waals surface area contributed by atoms with E-state index in [1.54, 1.807) is 11.3 Å². The Morgan fingerprint density at radius 3 is 2.14 bits per heavy atom. The minimum atomic E-state index is -6.09. The second kappa shape index (κ2) is 7.40. The molecule has 0 aliphatic heterocycles. The van der Waals surface area contributed by atoms with Crippen LogP contribution in [-0.4, -0.2) is 18.5 Å². The van der Waals surface area contributed by atoms with Gasteiger partial charge < -0.3 is 4.55 Å². The molecule has 0 aliphatic carbocycles. The highest BCUT2D eigenvalue weighted by atomic mass is 32.2. The Bertz CT molecular complexity index is 772. The first kappa shape index (κ1) is 18.2. The molecule has 0 unspecified atom stereocenters. The molecule has 118 valence electrons. The molecule has 0 bridgehead atoms. The van der Waals surface area contributed by atoms with Crippen molar-refractivity contribution in [3.8, 4) is 11.8 Å². The molecule has 1 aromatic carbocycles. The molecule has 0 spiro atoms. The molecule has 0 fully saturated rings. The van der Waals surface area contributed by atoms with E-state index in [4.69, 9.17) is 13.0 Å². The molecule has 2 aromatic rings. The summed E-state index contributed by atoms with van der Waals surface area (Å²) in [6.45, 7) is 0. The molecule has 0 atom stereocenters. The van der Waals surface area contributed by atoms with Crippen molar-refractivity contribution in [3.05, 3.63) is 52.5 Å². The highest BCUT2D eigenvalue weighted by Gasteiger charge is 2.36. The minimum Gasteiger partial charge on any atom is -0.741 e.